The molecule has 0 aliphatic heterocycles. The molecule has 0 aliphatic carbocycles. The quantitative estimate of drug-likeness (QED) is 0.815. The molecule has 84 valence electrons. The molecule has 0 aliphatic rings. The van der Waals surface area contributed by atoms with Gasteiger partial charge >= 0.3 is 0 Å². The molecular formula is C8H7IN4O2S. The van der Waals surface area contributed by atoms with E-state index < -0.39 is 10.0 Å². The zero-order valence-corrected chi connectivity index (χ0v) is 10.9. The van der Waals surface area contributed by atoms with Gasteiger partial charge in [-0.25, -0.2) is 4.98 Å². The molecule has 0 spiro atoms. The van der Waals surface area contributed by atoms with Crippen LogP contribution < -0.4 is 4.72 Å². The minimum absolute atomic E-state index is 0.00727. The van der Waals surface area contributed by atoms with E-state index in [2.05, 4.69) is 42.5 Å². The topological polar surface area (TPSA) is 87.7 Å². The summed E-state index contributed by atoms with van der Waals surface area (Å²) in [6.45, 7) is 0. The summed E-state index contributed by atoms with van der Waals surface area (Å²) in [5, 5.41) is 5.97. The molecule has 0 unspecified atom stereocenters. The highest BCUT2D eigenvalue weighted by atomic mass is 127. The van der Waals surface area contributed by atoms with Gasteiger partial charge in [0.2, 0.25) is 0 Å². The Morgan fingerprint density at radius 2 is 2.12 bits per heavy atom. The lowest BCUT2D eigenvalue weighted by atomic mass is 10.5. The van der Waals surface area contributed by atoms with Crippen LogP contribution in [0, 0.1) is 3.57 Å². The number of anilines is 1. The Labute approximate surface area is 106 Å². The van der Waals surface area contributed by atoms with Crippen LogP contribution in [-0.2, 0) is 10.0 Å². The van der Waals surface area contributed by atoms with Crippen molar-refractivity contribution in [1.29, 1.82) is 0 Å². The van der Waals surface area contributed by atoms with E-state index in [4.69, 9.17) is 0 Å². The Hall–Kier alpha value is -1.16. The molecule has 0 aromatic carbocycles. The third kappa shape index (κ3) is 2.50. The molecule has 6 nitrogen and oxygen atoms in total. The van der Waals surface area contributed by atoms with Gasteiger partial charge in [0.1, 0.15) is 5.82 Å². The molecule has 2 aromatic rings. The molecule has 16 heavy (non-hydrogen) atoms. The van der Waals surface area contributed by atoms with Gasteiger partial charge < -0.3 is 0 Å². The van der Waals surface area contributed by atoms with Gasteiger partial charge in [-0.1, -0.05) is 0 Å². The maximum atomic E-state index is 11.7. The molecule has 0 amide bonds. The number of hydrogen-bond acceptors (Lipinski definition) is 4. The summed E-state index contributed by atoms with van der Waals surface area (Å²) in [7, 11) is -3.62. The standard InChI is InChI=1S/C8H7IN4O2S/c9-6-1-2-7(10-5-6)13-16(14,15)8-3-4-11-12-8/h1-5H,(H,10,13)(H,11,12). The average Bonchev–Trinajstić information content (AvgIpc) is 2.75. The normalized spacial score (nSPS) is 11.3. The molecule has 2 heterocycles. The first-order valence-electron chi connectivity index (χ1n) is 4.22. The van der Waals surface area contributed by atoms with Crippen LogP contribution in [0.1, 0.15) is 0 Å². The van der Waals surface area contributed by atoms with Gasteiger partial charge in [-0.05, 0) is 40.8 Å². The molecule has 0 saturated carbocycles. The summed E-state index contributed by atoms with van der Waals surface area (Å²) >= 11 is 2.09. The number of pyridine rings is 1. The molecule has 0 bridgehead atoms. The van der Waals surface area contributed by atoms with Crippen molar-refractivity contribution in [3.05, 3.63) is 34.2 Å². The summed E-state index contributed by atoms with van der Waals surface area (Å²) in [4.78, 5) is 3.94. The molecule has 8 heteroatoms. The van der Waals surface area contributed by atoms with Crippen molar-refractivity contribution < 1.29 is 8.42 Å². The number of H-pyrrole nitrogens is 1. The number of aromatic nitrogens is 3. The number of nitrogens with zero attached hydrogens (tertiary/aromatic N) is 2. The lowest BCUT2D eigenvalue weighted by Crippen LogP contribution is -2.14. The summed E-state index contributed by atoms with van der Waals surface area (Å²) in [6.07, 6.45) is 2.95. The second-order valence-electron chi connectivity index (χ2n) is 2.89. The van der Waals surface area contributed by atoms with Crippen LogP contribution in [0.25, 0.3) is 0 Å². The highest BCUT2D eigenvalue weighted by Gasteiger charge is 2.15. The van der Waals surface area contributed by atoms with E-state index in [-0.39, 0.29) is 10.8 Å². The maximum Gasteiger partial charge on any atom is 0.279 e. The summed E-state index contributed by atoms with van der Waals surface area (Å²) < 4.78 is 26.7. The zero-order valence-electron chi connectivity index (χ0n) is 7.88. The van der Waals surface area contributed by atoms with Crippen LogP contribution in [0.2, 0.25) is 0 Å². The van der Waals surface area contributed by atoms with E-state index in [0.717, 1.165) is 3.57 Å². The predicted octanol–water partition coefficient (Wildman–Crippen LogP) is 1.21. The predicted molar refractivity (Wildman–Crippen MR) is 66.4 cm³/mol. The van der Waals surface area contributed by atoms with Crippen LogP contribution in [0.15, 0.2) is 35.6 Å². The molecule has 0 radical (unpaired) electrons. The minimum Gasteiger partial charge on any atom is -0.266 e. The van der Waals surface area contributed by atoms with Gasteiger partial charge in [0.25, 0.3) is 10.0 Å². The zero-order chi connectivity index (χ0) is 11.6. The van der Waals surface area contributed by atoms with E-state index in [1.165, 1.54) is 12.3 Å². The molecular weight excluding hydrogens is 343 g/mol. The van der Waals surface area contributed by atoms with E-state index in [0.29, 0.717) is 0 Å². The molecule has 2 N–H and O–H groups in total. The van der Waals surface area contributed by atoms with E-state index in [1.807, 2.05) is 0 Å². The fourth-order valence-corrected chi connectivity index (χ4v) is 2.26. The van der Waals surface area contributed by atoms with E-state index >= 15 is 0 Å². The third-order valence-electron chi connectivity index (χ3n) is 1.73. The van der Waals surface area contributed by atoms with Gasteiger partial charge in [-0.15, -0.1) is 0 Å². The number of nitrogens with one attached hydrogen (secondary N) is 2. The van der Waals surface area contributed by atoms with Gasteiger partial charge in [0.05, 0.1) is 6.20 Å². The van der Waals surface area contributed by atoms with Gasteiger partial charge in [-0.3, -0.25) is 9.82 Å². The fourth-order valence-electron chi connectivity index (χ4n) is 1.02. The van der Waals surface area contributed by atoms with Crippen molar-refractivity contribution in [2.24, 2.45) is 0 Å². The Balaban J connectivity index is 2.25. The van der Waals surface area contributed by atoms with Crippen LogP contribution >= 0.6 is 22.6 Å². The highest BCUT2D eigenvalue weighted by Crippen LogP contribution is 2.12. The van der Waals surface area contributed by atoms with Crippen LogP contribution in [0.4, 0.5) is 5.82 Å². The van der Waals surface area contributed by atoms with Crippen molar-refractivity contribution in [1.82, 2.24) is 15.2 Å². The first kappa shape index (κ1) is 11.3. The minimum atomic E-state index is -3.62. The van der Waals surface area contributed by atoms with Gasteiger partial charge in [-0.2, -0.15) is 13.5 Å². The number of rotatable bonds is 3. The molecule has 0 saturated heterocycles. The van der Waals surface area contributed by atoms with Crippen LogP contribution in [0.5, 0.6) is 0 Å². The summed E-state index contributed by atoms with van der Waals surface area (Å²) in [6, 6.07) is 4.73. The van der Waals surface area contributed by atoms with Crippen molar-refractivity contribution >= 4 is 38.4 Å². The summed E-state index contributed by atoms with van der Waals surface area (Å²) in [5.41, 5.74) is 0. The second-order valence-corrected chi connectivity index (χ2v) is 5.78. The van der Waals surface area contributed by atoms with Crippen LogP contribution in [0.3, 0.4) is 0 Å². The second kappa shape index (κ2) is 4.37. The fraction of sp³-hybridized carbons (Fsp3) is 0. The lowest BCUT2D eigenvalue weighted by molar-refractivity contribution is 0.597. The molecule has 0 fully saturated rings. The van der Waals surface area contributed by atoms with Crippen molar-refractivity contribution in [2.45, 2.75) is 5.03 Å². The molecule has 2 rings (SSSR count). The number of aromatic amines is 1. The lowest BCUT2D eigenvalue weighted by Gasteiger charge is -2.04. The van der Waals surface area contributed by atoms with E-state index in [9.17, 15) is 8.42 Å². The van der Waals surface area contributed by atoms with Crippen LogP contribution in [-0.4, -0.2) is 23.6 Å². The Bertz CT molecular complexity index is 565. The largest absolute Gasteiger partial charge is 0.279 e. The number of halogens is 1. The Morgan fingerprint density at radius 3 is 2.69 bits per heavy atom. The number of hydrogen-bond donors (Lipinski definition) is 2. The highest BCUT2D eigenvalue weighted by molar-refractivity contribution is 14.1. The Morgan fingerprint density at radius 1 is 1.31 bits per heavy atom. The smallest absolute Gasteiger partial charge is 0.266 e. The number of sulfonamides is 1. The molecule has 0 atom stereocenters. The Kier molecular flexibility index (Phi) is 3.10. The summed E-state index contributed by atoms with van der Waals surface area (Å²) in [5.74, 6) is 0.273. The SMILES string of the molecule is O=S(=O)(Nc1ccc(I)cn1)c1ccn[nH]1. The third-order valence-corrected chi connectivity index (χ3v) is 3.65. The molecule has 2 aromatic heterocycles. The first-order chi connectivity index (χ1) is 7.58. The van der Waals surface area contributed by atoms with Gasteiger partial charge in [0.15, 0.2) is 5.03 Å². The first-order valence-corrected chi connectivity index (χ1v) is 6.78. The van der Waals surface area contributed by atoms with Crippen molar-refractivity contribution in [2.75, 3.05) is 4.72 Å². The maximum absolute atomic E-state index is 11.7. The monoisotopic (exact) mass is 350 g/mol. The van der Waals surface area contributed by atoms with Crippen molar-refractivity contribution in [3.8, 4) is 0 Å². The van der Waals surface area contributed by atoms with Gasteiger partial charge in [0, 0.05) is 9.77 Å². The average molecular weight is 350 g/mol. The van der Waals surface area contributed by atoms with Crippen molar-refractivity contribution in [3.63, 3.8) is 0 Å². The van der Waals surface area contributed by atoms with E-state index in [1.54, 1.807) is 18.3 Å².